The Balaban J connectivity index is 2.35. The maximum absolute atomic E-state index is 11.6. The number of nitrogens with one attached hydrogen (secondary N) is 1. The summed E-state index contributed by atoms with van der Waals surface area (Å²) >= 11 is 3.08. The van der Waals surface area contributed by atoms with Gasteiger partial charge in [0.2, 0.25) is 0 Å². The van der Waals surface area contributed by atoms with E-state index in [0.29, 0.717) is 11.1 Å². The predicted octanol–water partition coefficient (Wildman–Crippen LogP) is 0.601. The molecule has 0 bridgehead atoms. The van der Waals surface area contributed by atoms with Gasteiger partial charge in [0.05, 0.1) is 6.54 Å². The van der Waals surface area contributed by atoms with E-state index in [1.54, 1.807) is 24.3 Å². The summed E-state index contributed by atoms with van der Waals surface area (Å²) in [6, 6.07) is 6.72. The Morgan fingerprint density at radius 2 is 2.20 bits per heavy atom. The topological polar surface area (TPSA) is 129 Å². The molecular weight excluding hydrogens is 332 g/mol. The standard InChI is InChI=1S/C10H9BrN6O3/c11-9-13-10(17(19)20)15-16(9)5-6-3-1-2-4-7(6)8(18)14-12/h1-4H,5,12H2,(H,14,18). The van der Waals surface area contributed by atoms with Crippen molar-refractivity contribution in [3.63, 3.8) is 0 Å². The zero-order chi connectivity index (χ0) is 14.7. The monoisotopic (exact) mass is 340 g/mol. The number of halogens is 1. The van der Waals surface area contributed by atoms with Crippen molar-refractivity contribution in [2.75, 3.05) is 0 Å². The summed E-state index contributed by atoms with van der Waals surface area (Å²) in [4.78, 5) is 25.2. The van der Waals surface area contributed by atoms with Crippen LogP contribution in [0.1, 0.15) is 15.9 Å². The maximum Gasteiger partial charge on any atom is 0.492 e. The van der Waals surface area contributed by atoms with E-state index in [1.165, 1.54) is 4.68 Å². The molecule has 1 amide bonds. The number of nitrogens with two attached hydrogens (primary N) is 1. The number of nitrogens with zero attached hydrogens (tertiary/aromatic N) is 4. The third-order valence-corrected chi connectivity index (χ3v) is 3.08. The second-order valence-electron chi connectivity index (χ2n) is 3.73. The Bertz CT molecular complexity index is 671. The number of nitro groups is 1. The SMILES string of the molecule is NNC(=O)c1ccccc1Cn1nc([N+](=O)[O-])nc1Br. The molecule has 0 unspecified atom stereocenters. The van der Waals surface area contributed by atoms with Gasteiger partial charge in [-0.05, 0) is 21.5 Å². The molecule has 3 N–H and O–H groups in total. The highest BCUT2D eigenvalue weighted by Gasteiger charge is 2.21. The molecule has 0 spiro atoms. The summed E-state index contributed by atoms with van der Waals surface area (Å²) in [5, 5.41) is 14.3. The van der Waals surface area contributed by atoms with Gasteiger partial charge in [0.1, 0.15) is 0 Å². The van der Waals surface area contributed by atoms with Crippen LogP contribution in [0.15, 0.2) is 29.0 Å². The first kappa shape index (κ1) is 14.1. The molecule has 0 aliphatic heterocycles. The lowest BCUT2D eigenvalue weighted by atomic mass is 10.1. The zero-order valence-electron chi connectivity index (χ0n) is 9.99. The quantitative estimate of drug-likeness (QED) is 0.363. The number of carbonyl (C=O) groups excluding carboxylic acids is 1. The van der Waals surface area contributed by atoms with E-state index in [2.05, 4.69) is 26.0 Å². The second-order valence-corrected chi connectivity index (χ2v) is 4.44. The van der Waals surface area contributed by atoms with Crippen LogP contribution < -0.4 is 11.3 Å². The van der Waals surface area contributed by atoms with Gasteiger partial charge in [-0.25, -0.2) is 5.84 Å². The number of hydrogen-bond donors (Lipinski definition) is 2. The van der Waals surface area contributed by atoms with Crippen LogP contribution in [0.3, 0.4) is 0 Å². The Labute approximate surface area is 121 Å². The molecule has 104 valence electrons. The van der Waals surface area contributed by atoms with Crippen LogP contribution in [0.25, 0.3) is 0 Å². The summed E-state index contributed by atoms with van der Waals surface area (Å²) < 4.78 is 1.48. The van der Waals surface area contributed by atoms with Crippen molar-refractivity contribution in [3.8, 4) is 0 Å². The Kier molecular flexibility index (Phi) is 4.05. The van der Waals surface area contributed by atoms with Crippen LogP contribution in [-0.4, -0.2) is 25.6 Å². The summed E-state index contributed by atoms with van der Waals surface area (Å²) in [6.45, 7) is 0.144. The summed E-state index contributed by atoms with van der Waals surface area (Å²) in [5.74, 6) is 4.14. The molecule has 1 aromatic carbocycles. The number of rotatable bonds is 4. The van der Waals surface area contributed by atoms with E-state index in [4.69, 9.17) is 5.84 Å². The fourth-order valence-electron chi connectivity index (χ4n) is 1.61. The molecule has 1 aromatic heterocycles. The minimum Gasteiger partial charge on any atom is -0.390 e. The average molecular weight is 341 g/mol. The highest BCUT2D eigenvalue weighted by atomic mass is 79.9. The van der Waals surface area contributed by atoms with Crippen LogP contribution >= 0.6 is 15.9 Å². The highest BCUT2D eigenvalue weighted by molar-refractivity contribution is 9.10. The average Bonchev–Trinajstić information content (AvgIpc) is 2.80. The van der Waals surface area contributed by atoms with Crippen molar-refractivity contribution in [2.45, 2.75) is 6.54 Å². The first-order chi connectivity index (χ1) is 9.52. The van der Waals surface area contributed by atoms with Gasteiger partial charge in [-0.15, -0.1) is 0 Å². The molecule has 0 aliphatic carbocycles. The molecule has 0 atom stereocenters. The van der Waals surface area contributed by atoms with Gasteiger partial charge in [-0.1, -0.05) is 18.2 Å². The van der Waals surface area contributed by atoms with Gasteiger partial charge in [-0.3, -0.25) is 10.2 Å². The van der Waals surface area contributed by atoms with Crippen molar-refractivity contribution < 1.29 is 9.72 Å². The zero-order valence-corrected chi connectivity index (χ0v) is 11.6. The van der Waals surface area contributed by atoms with Crippen LogP contribution in [-0.2, 0) is 6.54 Å². The molecule has 1 heterocycles. The fraction of sp³-hybridized carbons (Fsp3) is 0.100. The summed E-state index contributed by atoms with van der Waals surface area (Å²) in [7, 11) is 0. The number of hydrazine groups is 1. The highest BCUT2D eigenvalue weighted by Crippen LogP contribution is 2.16. The Hall–Kier alpha value is -2.33. The van der Waals surface area contributed by atoms with Crippen molar-refractivity contribution in [3.05, 3.63) is 50.2 Å². The van der Waals surface area contributed by atoms with Crippen LogP contribution in [0.4, 0.5) is 5.95 Å². The predicted molar refractivity (Wildman–Crippen MR) is 71.6 cm³/mol. The van der Waals surface area contributed by atoms with Crippen LogP contribution in [0.2, 0.25) is 0 Å². The lowest BCUT2D eigenvalue weighted by Gasteiger charge is -2.06. The molecule has 0 fully saturated rings. The van der Waals surface area contributed by atoms with Gasteiger partial charge in [0.15, 0.2) is 0 Å². The molecule has 2 aromatic rings. The third kappa shape index (κ3) is 2.81. The van der Waals surface area contributed by atoms with Gasteiger partial charge < -0.3 is 10.1 Å². The smallest absolute Gasteiger partial charge is 0.390 e. The third-order valence-electron chi connectivity index (χ3n) is 2.49. The minimum absolute atomic E-state index is 0.144. The Morgan fingerprint density at radius 1 is 1.50 bits per heavy atom. The number of nitrogen functional groups attached to an aromatic ring is 1. The lowest BCUT2D eigenvalue weighted by Crippen LogP contribution is -2.31. The molecule has 0 saturated heterocycles. The molecule has 0 radical (unpaired) electrons. The Morgan fingerprint density at radius 3 is 2.80 bits per heavy atom. The molecular formula is C10H9BrN6O3. The lowest BCUT2D eigenvalue weighted by molar-refractivity contribution is -0.394. The number of aromatic nitrogens is 3. The first-order valence-corrected chi connectivity index (χ1v) is 6.16. The molecule has 0 aliphatic rings. The van der Waals surface area contributed by atoms with Crippen molar-refractivity contribution in [1.82, 2.24) is 20.2 Å². The number of benzene rings is 1. The van der Waals surface area contributed by atoms with Gasteiger partial charge in [-0.2, -0.15) is 4.68 Å². The van der Waals surface area contributed by atoms with Gasteiger partial charge >= 0.3 is 5.95 Å². The molecule has 9 nitrogen and oxygen atoms in total. The molecule has 0 saturated carbocycles. The molecule has 10 heteroatoms. The van der Waals surface area contributed by atoms with E-state index in [0.717, 1.165) is 0 Å². The normalized spacial score (nSPS) is 10.3. The van der Waals surface area contributed by atoms with Crippen LogP contribution in [0.5, 0.6) is 0 Å². The number of hydrogen-bond acceptors (Lipinski definition) is 6. The van der Waals surface area contributed by atoms with Crippen LogP contribution in [0, 0.1) is 10.1 Å². The summed E-state index contributed by atoms with van der Waals surface area (Å²) in [5.41, 5.74) is 3.01. The van der Waals surface area contributed by atoms with E-state index >= 15 is 0 Å². The van der Waals surface area contributed by atoms with E-state index in [9.17, 15) is 14.9 Å². The maximum atomic E-state index is 11.6. The fourth-order valence-corrected chi connectivity index (χ4v) is 1.97. The van der Waals surface area contributed by atoms with E-state index in [1.807, 2.05) is 5.43 Å². The molecule has 20 heavy (non-hydrogen) atoms. The van der Waals surface area contributed by atoms with Crippen molar-refractivity contribution in [1.29, 1.82) is 0 Å². The summed E-state index contributed by atoms with van der Waals surface area (Å²) in [6.07, 6.45) is 0. The van der Waals surface area contributed by atoms with Crippen molar-refractivity contribution in [2.24, 2.45) is 5.84 Å². The van der Waals surface area contributed by atoms with E-state index < -0.39 is 16.8 Å². The van der Waals surface area contributed by atoms with E-state index in [-0.39, 0.29) is 11.3 Å². The number of carbonyl (C=O) groups is 1. The van der Waals surface area contributed by atoms with Crippen molar-refractivity contribution >= 4 is 27.8 Å². The first-order valence-electron chi connectivity index (χ1n) is 5.36. The second kappa shape index (κ2) is 5.75. The minimum atomic E-state index is -0.695. The largest absolute Gasteiger partial charge is 0.492 e. The van der Waals surface area contributed by atoms with Gasteiger partial charge in [0.25, 0.3) is 10.6 Å². The number of amides is 1. The molecule has 2 rings (SSSR count). The van der Waals surface area contributed by atoms with Gasteiger partial charge in [0, 0.05) is 26.6 Å².